The van der Waals surface area contributed by atoms with Crippen LogP contribution in [0, 0.1) is 0 Å². The van der Waals surface area contributed by atoms with Crippen molar-refractivity contribution in [3.8, 4) is 5.75 Å². The van der Waals surface area contributed by atoms with E-state index in [4.69, 9.17) is 4.74 Å². The van der Waals surface area contributed by atoms with Crippen LogP contribution < -0.4 is 10.1 Å². The highest BCUT2D eigenvalue weighted by Gasteiger charge is 2.33. The third-order valence-corrected chi connectivity index (χ3v) is 4.97. The first-order valence-electron chi connectivity index (χ1n) is 6.37. The summed E-state index contributed by atoms with van der Waals surface area (Å²) in [5.74, 6) is 3.35. The van der Waals surface area contributed by atoms with Gasteiger partial charge in [0.2, 0.25) is 0 Å². The molecule has 0 amide bonds. The van der Waals surface area contributed by atoms with E-state index in [1.54, 1.807) is 0 Å². The Balaban J connectivity index is 1.86. The van der Waals surface area contributed by atoms with E-state index < -0.39 is 0 Å². The summed E-state index contributed by atoms with van der Waals surface area (Å²) in [6.45, 7) is 3.40. The molecule has 0 aromatic heterocycles. The van der Waals surface area contributed by atoms with Crippen LogP contribution in [-0.4, -0.2) is 24.2 Å². The number of benzene rings is 1. The molecule has 0 bridgehead atoms. The van der Waals surface area contributed by atoms with Gasteiger partial charge in [-0.3, -0.25) is 0 Å². The van der Waals surface area contributed by atoms with E-state index >= 15 is 0 Å². The number of hydrogen-bond donors (Lipinski definition) is 1. The van der Waals surface area contributed by atoms with E-state index in [9.17, 15) is 0 Å². The first-order chi connectivity index (χ1) is 8.28. The summed E-state index contributed by atoms with van der Waals surface area (Å²) in [6, 6.07) is 8.51. The summed E-state index contributed by atoms with van der Waals surface area (Å²) in [5, 5.41) is 3.61. The minimum Gasteiger partial charge on any atom is -0.488 e. The third kappa shape index (κ3) is 2.18. The first-order valence-corrected chi connectivity index (χ1v) is 7.52. The van der Waals surface area contributed by atoms with E-state index in [0.29, 0.717) is 6.10 Å². The van der Waals surface area contributed by atoms with Gasteiger partial charge in [0.25, 0.3) is 0 Å². The molecule has 2 nitrogen and oxygen atoms in total. The molecule has 1 atom stereocenters. The summed E-state index contributed by atoms with van der Waals surface area (Å²) >= 11 is 1.96. The Morgan fingerprint density at radius 1 is 1.35 bits per heavy atom. The number of hydrogen-bond acceptors (Lipinski definition) is 3. The molecule has 17 heavy (non-hydrogen) atoms. The van der Waals surface area contributed by atoms with Gasteiger partial charge >= 0.3 is 0 Å². The van der Waals surface area contributed by atoms with Gasteiger partial charge in [-0.2, -0.15) is 11.8 Å². The molecule has 0 spiro atoms. The van der Waals surface area contributed by atoms with Crippen LogP contribution in [0.1, 0.15) is 25.3 Å². The maximum atomic E-state index is 6.10. The zero-order valence-corrected chi connectivity index (χ0v) is 11.1. The second-order valence-electron chi connectivity index (χ2n) is 5.14. The Morgan fingerprint density at radius 2 is 2.18 bits per heavy atom. The van der Waals surface area contributed by atoms with Crippen molar-refractivity contribution in [2.75, 3.05) is 18.1 Å². The molecular formula is C14H19NOS. The molecule has 1 N–H and O–H groups in total. The van der Waals surface area contributed by atoms with E-state index in [2.05, 4.69) is 36.5 Å². The average molecular weight is 249 g/mol. The van der Waals surface area contributed by atoms with Gasteiger partial charge in [0.05, 0.1) is 0 Å². The fraction of sp³-hybridized carbons (Fsp3) is 0.571. The largest absolute Gasteiger partial charge is 0.488 e. The molecule has 1 aromatic carbocycles. The normalized spacial score (nSPS) is 29.0. The average Bonchev–Trinajstić information content (AvgIpc) is 2.72. The van der Waals surface area contributed by atoms with Gasteiger partial charge in [0.1, 0.15) is 11.9 Å². The molecule has 1 unspecified atom stereocenters. The maximum absolute atomic E-state index is 6.10. The molecular weight excluding hydrogens is 230 g/mol. The van der Waals surface area contributed by atoms with Crippen molar-refractivity contribution < 1.29 is 4.74 Å². The fourth-order valence-corrected chi connectivity index (χ4v) is 3.18. The molecule has 2 fully saturated rings. The summed E-state index contributed by atoms with van der Waals surface area (Å²) < 4.78 is 6.10. The maximum Gasteiger partial charge on any atom is 0.124 e. The van der Waals surface area contributed by atoms with E-state index in [1.807, 2.05) is 11.8 Å². The summed E-state index contributed by atoms with van der Waals surface area (Å²) in [4.78, 5) is 0. The number of nitrogens with one attached hydrogen (secondary N) is 1. The Kier molecular flexibility index (Phi) is 3.05. The van der Waals surface area contributed by atoms with Gasteiger partial charge in [0.15, 0.2) is 0 Å². The molecule has 3 heteroatoms. The third-order valence-electron chi connectivity index (χ3n) is 3.75. The van der Waals surface area contributed by atoms with E-state index in [0.717, 1.165) is 23.8 Å². The number of thioether (sulfide) groups is 1. The molecule has 2 aliphatic heterocycles. The molecule has 2 heterocycles. The van der Waals surface area contributed by atoms with Crippen molar-refractivity contribution in [3.63, 3.8) is 0 Å². The SMILES string of the molecule is CC1(c2ccccc2OC2CSC2)CCCN1. The van der Waals surface area contributed by atoms with Gasteiger partial charge in [-0.05, 0) is 32.4 Å². The van der Waals surface area contributed by atoms with Crippen molar-refractivity contribution >= 4 is 11.8 Å². The van der Waals surface area contributed by atoms with Crippen LogP contribution in [0.4, 0.5) is 0 Å². The topological polar surface area (TPSA) is 21.3 Å². The van der Waals surface area contributed by atoms with Gasteiger partial charge < -0.3 is 10.1 Å². The zero-order valence-electron chi connectivity index (χ0n) is 10.2. The highest BCUT2D eigenvalue weighted by atomic mass is 32.2. The molecule has 2 aliphatic rings. The van der Waals surface area contributed by atoms with Crippen LogP contribution in [0.25, 0.3) is 0 Å². The van der Waals surface area contributed by atoms with Crippen LogP contribution in [0.2, 0.25) is 0 Å². The first kappa shape index (κ1) is 11.4. The standard InChI is InChI=1S/C14H19NOS/c1-14(7-4-8-15-14)12-5-2-3-6-13(12)16-11-9-17-10-11/h2-3,5-6,11,15H,4,7-10H2,1H3. The molecule has 1 aromatic rings. The minimum absolute atomic E-state index is 0.105. The highest BCUT2D eigenvalue weighted by Crippen LogP contribution is 2.37. The smallest absolute Gasteiger partial charge is 0.124 e. The summed E-state index contributed by atoms with van der Waals surface area (Å²) in [6.07, 6.45) is 2.88. The van der Waals surface area contributed by atoms with E-state index in [1.165, 1.54) is 18.4 Å². The number of ether oxygens (including phenoxy) is 1. The van der Waals surface area contributed by atoms with Crippen LogP contribution in [0.15, 0.2) is 24.3 Å². The number of rotatable bonds is 3. The lowest BCUT2D eigenvalue weighted by molar-refractivity contribution is 0.231. The van der Waals surface area contributed by atoms with Crippen LogP contribution in [0.5, 0.6) is 5.75 Å². The molecule has 0 radical (unpaired) electrons. The lowest BCUT2D eigenvalue weighted by Gasteiger charge is -2.31. The van der Waals surface area contributed by atoms with Crippen molar-refractivity contribution in [1.82, 2.24) is 5.32 Å². The Labute approximate surface area is 107 Å². The molecule has 0 aliphatic carbocycles. The Morgan fingerprint density at radius 3 is 2.82 bits per heavy atom. The van der Waals surface area contributed by atoms with Crippen molar-refractivity contribution in [2.45, 2.75) is 31.4 Å². The molecule has 92 valence electrons. The van der Waals surface area contributed by atoms with Crippen LogP contribution in [-0.2, 0) is 5.54 Å². The highest BCUT2D eigenvalue weighted by molar-refractivity contribution is 8.00. The van der Waals surface area contributed by atoms with Gasteiger partial charge in [0, 0.05) is 22.6 Å². The summed E-state index contributed by atoms with van der Waals surface area (Å²) in [5.41, 5.74) is 1.43. The lowest BCUT2D eigenvalue weighted by atomic mass is 9.90. The Bertz CT molecular complexity index is 397. The lowest BCUT2D eigenvalue weighted by Crippen LogP contribution is -2.36. The van der Waals surface area contributed by atoms with Crippen LogP contribution >= 0.6 is 11.8 Å². The predicted molar refractivity (Wildman–Crippen MR) is 72.8 cm³/mol. The molecule has 0 saturated carbocycles. The minimum atomic E-state index is 0.105. The van der Waals surface area contributed by atoms with Crippen molar-refractivity contribution in [2.24, 2.45) is 0 Å². The monoisotopic (exact) mass is 249 g/mol. The van der Waals surface area contributed by atoms with Gasteiger partial charge in [-0.15, -0.1) is 0 Å². The van der Waals surface area contributed by atoms with Crippen LogP contribution in [0.3, 0.4) is 0 Å². The second-order valence-corrected chi connectivity index (χ2v) is 6.21. The van der Waals surface area contributed by atoms with Crippen molar-refractivity contribution in [1.29, 1.82) is 0 Å². The molecule has 2 saturated heterocycles. The molecule has 3 rings (SSSR count). The van der Waals surface area contributed by atoms with Crippen molar-refractivity contribution in [3.05, 3.63) is 29.8 Å². The van der Waals surface area contributed by atoms with Gasteiger partial charge in [-0.25, -0.2) is 0 Å². The quantitative estimate of drug-likeness (QED) is 0.890. The Hall–Kier alpha value is -0.670. The predicted octanol–water partition coefficient (Wildman–Crippen LogP) is 2.78. The second kappa shape index (κ2) is 4.54. The van der Waals surface area contributed by atoms with Gasteiger partial charge in [-0.1, -0.05) is 18.2 Å². The summed E-state index contributed by atoms with van der Waals surface area (Å²) in [7, 11) is 0. The fourth-order valence-electron chi connectivity index (χ4n) is 2.61. The zero-order chi connectivity index (χ0) is 11.7. The number of para-hydroxylation sites is 1. The van der Waals surface area contributed by atoms with E-state index in [-0.39, 0.29) is 5.54 Å².